The van der Waals surface area contributed by atoms with Crippen molar-refractivity contribution < 1.29 is 9.47 Å². The first-order chi connectivity index (χ1) is 45.6. The SMILES string of the molecule is CC#CC#CC#CC#CC#CC#CC#CC#CC#CC#CC#CC#CC#CC#CC#CC#CC#CC#CC#CC#CC#CC#CC#CC#CC#CC#CC#CC#CC#CC.COc1cc2c(cc1OCc1ccc(C)cc1)CCN1Cc3[nH]c4ccccc4c3CC21. The van der Waals surface area contributed by atoms with E-state index in [1.165, 1.54) is 44.4 Å². The Morgan fingerprint density at radius 2 is 0.728 bits per heavy atom. The normalized spacial score (nSPS) is 8.67. The van der Waals surface area contributed by atoms with Crippen LogP contribution in [0.5, 0.6) is 11.5 Å². The van der Waals surface area contributed by atoms with Crippen LogP contribution in [0.2, 0.25) is 0 Å². The number of H-pyrrole nitrogens is 1. The number of hydrogen-bond acceptors (Lipinski definition) is 3. The zero-order chi connectivity index (χ0) is 64.7. The summed E-state index contributed by atoms with van der Waals surface area (Å²) in [5.41, 5.74) is 9.27. The van der Waals surface area contributed by atoms with E-state index in [0.717, 1.165) is 37.4 Å². The molecule has 0 spiro atoms. The topological polar surface area (TPSA) is 37.5 Å². The fourth-order valence-corrected chi connectivity index (χ4v) is 7.14. The fraction of sp³-hybridized carbons (Fsp3) is 0.114. The number of aryl methyl sites for hydroxylation is 1. The fourth-order valence-electron chi connectivity index (χ4n) is 7.14. The van der Waals surface area contributed by atoms with Crippen LogP contribution in [0.15, 0.2) is 60.7 Å². The van der Waals surface area contributed by atoms with E-state index in [1.807, 2.05) is 0 Å². The summed E-state index contributed by atoms with van der Waals surface area (Å²) in [5, 5.41) is 1.36. The number of aromatic nitrogens is 1. The number of nitrogens with one attached hydrogen (secondary N) is 1. The maximum absolute atomic E-state index is 6.21. The van der Waals surface area contributed by atoms with Gasteiger partial charge in [-0.15, -0.1) is 0 Å². The Hall–Kier alpha value is -16.0. The van der Waals surface area contributed by atoms with Gasteiger partial charge in [0.25, 0.3) is 0 Å². The maximum Gasteiger partial charge on any atom is 0.161 e. The molecule has 6 rings (SSSR count). The summed E-state index contributed by atoms with van der Waals surface area (Å²) in [6.07, 6.45) is 2.06. The zero-order valence-electron chi connectivity index (χ0n) is 49.7. The average Bonchev–Trinajstić information content (AvgIpc) is 1.45. The van der Waals surface area contributed by atoms with Crippen molar-refractivity contribution in [2.75, 3.05) is 13.7 Å². The lowest BCUT2D eigenvalue weighted by molar-refractivity contribution is 0.158. The minimum absolute atomic E-state index is 0.380. The molecule has 4 heteroatoms. The van der Waals surface area contributed by atoms with E-state index in [9.17, 15) is 0 Å². The van der Waals surface area contributed by atoms with Gasteiger partial charge in [-0.25, -0.2) is 0 Å². The molecule has 3 aromatic carbocycles. The van der Waals surface area contributed by atoms with Crippen LogP contribution < -0.4 is 9.47 Å². The molecular weight excluding hydrogens is 1120 g/mol. The van der Waals surface area contributed by atoms with Crippen molar-refractivity contribution >= 4 is 10.9 Å². The van der Waals surface area contributed by atoms with Crippen molar-refractivity contribution in [3.8, 4) is 355 Å². The summed E-state index contributed by atoms with van der Waals surface area (Å²) >= 11 is 0. The number of benzene rings is 3. The van der Waals surface area contributed by atoms with Gasteiger partial charge in [0.1, 0.15) is 6.61 Å². The highest BCUT2D eigenvalue weighted by atomic mass is 16.5. The molecule has 408 valence electrons. The third-order valence-corrected chi connectivity index (χ3v) is 10.8. The number of nitrogens with zero attached hydrogens (tertiary/aromatic N) is 1. The lowest BCUT2D eigenvalue weighted by Gasteiger charge is -2.40. The summed E-state index contributed by atoms with van der Waals surface area (Å²) in [7, 11) is 1.74. The minimum Gasteiger partial charge on any atom is -0.493 e. The smallest absolute Gasteiger partial charge is 0.161 e. The highest BCUT2D eigenvalue weighted by Crippen LogP contribution is 2.44. The van der Waals surface area contributed by atoms with Gasteiger partial charge in [0.05, 0.1) is 7.11 Å². The van der Waals surface area contributed by atoms with Crippen molar-refractivity contribution in [1.29, 1.82) is 0 Å². The van der Waals surface area contributed by atoms with Crippen LogP contribution in [0, 0.1) is 350 Å². The zero-order valence-corrected chi connectivity index (χ0v) is 49.7. The van der Waals surface area contributed by atoms with E-state index in [1.54, 1.807) is 21.0 Å². The highest BCUT2D eigenvalue weighted by Gasteiger charge is 2.34. The van der Waals surface area contributed by atoms with Gasteiger partial charge in [0.2, 0.25) is 0 Å². The van der Waals surface area contributed by atoms with E-state index in [0.29, 0.717) is 12.6 Å². The van der Waals surface area contributed by atoms with E-state index in [-0.39, 0.29) is 0 Å². The first-order valence-corrected chi connectivity index (χ1v) is 26.7. The van der Waals surface area contributed by atoms with Gasteiger partial charge in [-0.05, 0) is 169 Å². The molecule has 2 aliphatic rings. The molecule has 1 aromatic heterocycles. The molecule has 4 nitrogen and oxygen atoms in total. The van der Waals surface area contributed by atoms with Crippen LogP contribution in [0.3, 0.4) is 0 Å². The minimum atomic E-state index is 0.380. The van der Waals surface area contributed by atoms with Gasteiger partial charge in [-0.1, -0.05) is 59.9 Å². The van der Waals surface area contributed by atoms with Crippen LogP contribution in [0.1, 0.15) is 53.4 Å². The number of hydrogen-bond donors (Lipinski definition) is 1. The quantitative estimate of drug-likeness (QED) is 0.228. The second-order valence-electron chi connectivity index (χ2n) is 16.5. The average molecular weight is 1150 g/mol. The molecule has 1 N–H and O–H groups in total. The third-order valence-electron chi connectivity index (χ3n) is 10.8. The van der Waals surface area contributed by atoms with Gasteiger partial charge in [-0.2, -0.15) is 0 Å². The Morgan fingerprint density at radius 1 is 0.402 bits per heavy atom. The number of ether oxygens (including phenoxy) is 2. The molecule has 0 saturated heterocycles. The molecule has 4 aromatic rings. The van der Waals surface area contributed by atoms with E-state index < -0.39 is 0 Å². The number of para-hydroxylation sites is 1. The van der Waals surface area contributed by atoms with Crippen LogP contribution in [-0.2, 0) is 26.0 Å². The lowest BCUT2D eigenvalue weighted by atomic mass is 9.85. The summed E-state index contributed by atoms with van der Waals surface area (Å²) in [6, 6.07) is 22.0. The largest absolute Gasteiger partial charge is 0.493 e. The third kappa shape index (κ3) is 28.3. The lowest BCUT2D eigenvalue weighted by Crippen LogP contribution is -2.39. The second kappa shape index (κ2) is 44.6. The predicted molar refractivity (Wildman–Crippen MR) is 364 cm³/mol. The Bertz CT molecular complexity index is 5430. The number of fused-ring (bicyclic) bond motifs is 6. The van der Waals surface area contributed by atoms with Gasteiger partial charge in [0.15, 0.2) is 11.5 Å². The molecule has 0 radical (unpaired) electrons. The van der Waals surface area contributed by atoms with Crippen molar-refractivity contribution in [2.45, 2.75) is 52.8 Å². The first kappa shape index (κ1) is 66.8. The number of rotatable bonds is 4. The van der Waals surface area contributed by atoms with Gasteiger partial charge < -0.3 is 14.5 Å². The molecule has 0 amide bonds. The number of methoxy groups -OCH3 is 1. The molecule has 1 unspecified atom stereocenters. The molecule has 0 aliphatic carbocycles. The summed E-state index contributed by atoms with van der Waals surface area (Å²) in [4.78, 5) is 6.26. The molecule has 0 bridgehead atoms. The van der Waals surface area contributed by atoms with Gasteiger partial charge >= 0.3 is 0 Å². The molecule has 92 heavy (non-hydrogen) atoms. The predicted octanol–water partition coefficient (Wildman–Crippen LogP) is 6.84. The molecule has 3 heterocycles. The Morgan fingerprint density at radius 3 is 1.05 bits per heavy atom. The molecular formula is C88H34N2O2. The highest BCUT2D eigenvalue weighted by molar-refractivity contribution is 5.85. The van der Waals surface area contributed by atoms with Gasteiger partial charge in [0, 0.05) is 273 Å². The van der Waals surface area contributed by atoms with Crippen molar-refractivity contribution in [3.05, 3.63) is 94.2 Å². The monoisotopic (exact) mass is 1150 g/mol. The number of aromatic amines is 1. The van der Waals surface area contributed by atoms with Crippen molar-refractivity contribution in [2.24, 2.45) is 0 Å². The maximum atomic E-state index is 6.21. The van der Waals surface area contributed by atoms with Crippen molar-refractivity contribution in [1.82, 2.24) is 9.88 Å². The summed E-state index contributed by atoms with van der Waals surface area (Å²) < 4.78 is 12.0. The first-order valence-electron chi connectivity index (χ1n) is 26.7. The molecule has 0 fully saturated rings. The van der Waals surface area contributed by atoms with Crippen LogP contribution >= 0.6 is 0 Å². The Balaban J connectivity index is 0.000000394. The molecule has 0 saturated carbocycles. The second-order valence-corrected chi connectivity index (χ2v) is 16.5. The Labute approximate surface area is 542 Å². The summed E-state index contributed by atoms with van der Waals surface area (Å²) in [5.74, 6) is 147. The van der Waals surface area contributed by atoms with Crippen LogP contribution in [0.25, 0.3) is 10.9 Å². The Kier molecular flexibility index (Phi) is 32.4. The summed E-state index contributed by atoms with van der Waals surface area (Å²) in [6.45, 7) is 8.06. The van der Waals surface area contributed by atoms with Gasteiger partial charge in [-0.3, -0.25) is 4.90 Å². The van der Waals surface area contributed by atoms with E-state index in [4.69, 9.17) is 9.47 Å². The molecule has 1 atom stereocenters. The van der Waals surface area contributed by atoms with E-state index in [2.05, 4.69) is 421 Å². The van der Waals surface area contributed by atoms with Crippen LogP contribution in [0.4, 0.5) is 0 Å². The molecule has 2 aliphatic heterocycles. The van der Waals surface area contributed by atoms with Crippen molar-refractivity contribution in [3.63, 3.8) is 0 Å². The standard InChI is InChI=1S/C60H6.C28H28N2O2/c1-3-5-7-9-11-13-15-17-19-21-23-25-27-29-31-33-35-37-39-41-43-45-47-49-51-53-55-57-59-60-58-56-54-52-50-48-46-44-42-40-38-36-34-32-30-28-26-24-22-20-18-16-14-12-10-8-6-4-2;1-18-7-9-19(10-8-18)17-32-28-13-20-11-12-30-16-25-23(21-5-3-4-6-24(21)29-25)14-26(30)22(20)15-27(28)31-2/h1-2H3;3-10,13,15,26,29H,11-12,14,16-17H2,1-2H3. The van der Waals surface area contributed by atoms with Crippen LogP contribution in [-0.4, -0.2) is 23.5 Å². The van der Waals surface area contributed by atoms with E-state index >= 15 is 0 Å².